The number of anilines is 3. The Bertz CT molecular complexity index is 898. The van der Waals surface area contributed by atoms with Crippen molar-refractivity contribution in [2.75, 3.05) is 37.8 Å². The highest BCUT2D eigenvalue weighted by Crippen LogP contribution is 2.25. The van der Waals surface area contributed by atoms with Gasteiger partial charge in [0.05, 0.1) is 11.4 Å². The van der Waals surface area contributed by atoms with E-state index in [1.165, 1.54) is 0 Å². The number of aromatic nitrogens is 3. The van der Waals surface area contributed by atoms with Crippen molar-refractivity contribution in [3.8, 4) is 11.4 Å². The van der Waals surface area contributed by atoms with E-state index in [0.717, 1.165) is 40.8 Å². The molecule has 2 N–H and O–H groups in total. The smallest absolute Gasteiger partial charge is 0.225 e. The lowest BCUT2D eigenvalue weighted by atomic mass is 10.2. The highest BCUT2D eigenvalue weighted by atomic mass is 35.5. The highest BCUT2D eigenvalue weighted by molar-refractivity contribution is 6.31. The van der Waals surface area contributed by atoms with Gasteiger partial charge in [0.2, 0.25) is 5.95 Å². The van der Waals surface area contributed by atoms with E-state index < -0.39 is 0 Å². The molecular formula is C20H23ClN6. The maximum atomic E-state index is 6.12. The number of likely N-dealkylation sites (N-methyl/N-ethyl adjacent to an activating group) is 1. The largest absolute Gasteiger partial charge is 0.353 e. The van der Waals surface area contributed by atoms with Crippen LogP contribution in [0.1, 0.15) is 5.56 Å². The molecule has 140 valence electrons. The van der Waals surface area contributed by atoms with Crippen LogP contribution < -0.4 is 10.6 Å². The Morgan fingerprint density at radius 3 is 2.59 bits per heavy atom. The molecule has 0 unspecified atom stereocenters. The van der Waals surface area contributed by atoms with Gasteiger partial charge in [-0.05, 0) is 56.9 Å². The van der Waals surface area contributed by atoms with Crippen LogP contribution in [0, 0.1) is 6.92 Å². The van der Waals surface area contributed by atoms with Gasteiger partial charge in [0.25, 0.3) is 0 Å². The van der Waals surface area contributed by atoms with E-state index in [2.05, 4.69) is 30.5 Å². The van der Waals surface area contributed by atoms with Gasteiger partial charge in [0, 0.05) is 36.1 Å². The fraction of sp³-hybridized carbons (Fsp3) is 0.250. The van der Waals surface area contributed by atoms with Crippen LogP contribution in [-0.4, -0.2) is 47.0 Å². The summed E-state index contributed by atoms with van der Waals surface area (Å²) in [6.45, 7) is 3.61. The van der Waals surface area contributed by atoms with E-state index in [9.17, 15) is 0 Å². The van der Waals surface area contributed by atoms with Crippen molar-refractivity contribution in [3.05, 3.63) is 59.2 Å². The van der Waals surface area contributed by atoms with Crippen LogP contribution in [0.15, 0.2) is 48.7 Å². The van der Waals surface area contributed by atoms with E-state index in [1.54, 1.807) is 6.20 Å². The quantitative estimate of drug-likeness (QED) is 0.637. The SMILES string of the molecule is Cc1cc(Nc2cc(-c3ccccn3)nc(NCCN(C)C)n2)ccc1Cl. The number of nitrogens with one attached hydrogen (secondary N) is 2. The lowest BCUT2D eigenvalue weighted by Crippen LogP contribution is -2.21. The molecule has 2 aromatic heterocycles. The third-order valence-electron chi connectivity index (χ3n) is 3.93. The highest BCUT2D eigenvalue weighted by Gasteiger charge is 2.09. The molecule has 0 fully saturated rings. The Morgan fingerprint density at radius 1 is 1.04 bits per heavy atom. The molecule has 7 heteroatoms. The van der Waals surface area contributed by atoms with Gasteiger partial charge in [-0.3, -0.25) is 4.98 Å². The molecule has 27 heavy (non-hydrogen) atoms. The second kappa shape index (κ2) is 8.79. The van der Waals surface area contributed by atoms with Crippen LogP contribution in [-0.2, 0) is 0 Å². The van der Waals surface area contributed by atoms with Gasteiger partial charge < -0.3 is 15.5 Å². The minimum absolute atomic E-state index is 0.563. The Hall–Kier alpha value is -2.70. The van der Waals surface area contributed by atoms with Crippen LogP contribution in [0.4, 0.5) is 17.5 Å². The van der Waals surface area contributed by atoms with Crippen molar-refractivity contribution in [2.24, 2.45) is 0 Å². The first kappa shape index (κ1) is 19.1. The minimum atomic E-state index is 0.563. The number of hydrogen-bond acceptors (Lipinski definition) is 6. The standard InChI is InChI=1S/C20H23ClN6/c1-14-12-15(7-8-16(14)21)24-19-13-18(17-6-4-5-9-22-17)25-20(26-19)23-10-11-27(2)3/h4-9,12-13H,10-11H2,1-3H3,(H2,23,24,25,26). The summed E-state index contributed by atoms with van der Waals surface area (Å²) in [7, 11) is 4.06. The molecule has 0 amide bonds. The lowest BCUT2D eigenvalue weighted by molar-refractivity contribution is 0.425. The number of aryl methyl sites for hydroxylation is 1. The van der Waals surface area contributed by atoms with E-state index in [-0.39, 0.29) is 0 Å². The van der Waals surface area contributed by atoms with Crippen molar-refractivity contribution >= 4 is 29.1 Å². The number of nitrogens with zero attached hydrogens (tertiary/aromatic N) is 4. The summed E-state index contributed by atoms with van der Waals surface area (Å²) >= 11 is 6.12. The molecule has 3 aromatic rings. The van der Waals surface area contributed by atoms with Gasteiger partial charge in [0.1, 0.15) is 5.82 Å². The monoisotopic (exact) mass is 382 g/mol. The number of hydrogen-bond donors (Lipinski definition) is 2. The van der Waals surface area contributed by atoms with Gasteiger partial charge in [-0.2, -0.15) is 4.98 Å². The van der Waals surface area contributed by atoms with Crippen LogP contribution in [0.5, 0.6) is 0 Å². The fourth-order valence-electron chi connectivity index (χ4n) is 2.50. The van der Waals surface area contributed by atoms with Gasteiger partial charge in [-0.1, -0.05) is 17.7 Å². The number of rotatable bonds is 7. The molecular weight excluding hydrogens is 360 g/mol. The average Bonchev–Trinajstić information content (AvgIpc) is 2.65. The molecule has 0 bridgehead atoms. The Morgan fingerprint density at radius 2 is 1.89 bits per heavy atom. The average molecular weight is 383 g/mol. The van der Waals surface area contributed by atoms with Gasteiger partial charge in [-0.25, -0.2) is 4.98 Å². The summed E-state index contributed by atoms with van der Waals surface area (Å²) < 4.78 is 0. The Kier molecular flexibility index (Phi) is 6.21. The topological polar surface area (TPSA) is 66.0 Å². The van der Waals surface area contributed by atoms with Crippen LogP contribution in [0.2, 0.25) is 5.02 Å². The predicted octanol–water partition coefficient (Wildman–Crippen LogP) is 4.22. The molecule has 0 atom stereocenters. The first-order chi connectivity index (χ1) is 13.0. The molecule has 6 nitrogen and oxygen atoms in total. The van der Waals surface area contributed by atoms with Crippen LogP contribution >= 0.6 is 11.6 Å². The summed E-state index contributed by atoms with van der Waals surface area (Å²) in [6.07, 6.45) is 1.76. The maximum Gasteiger partial charge on any atom is 0.225 e. The van der Waals surface area contributed by atoms with E-state index in [0.29, 0.717) is 11.8 Å². The Balaban J connectivity index is 1.90. The molecule has 0 saturated heterocycles. The zero-order valence-electron chi connectivity index (χ0n) is 15.7. The summed E-state index contributed by atoms with van der Waals surface area (Å²) in [5, 5.41) is 7.35. The molecule has 0 aliphatic heterocycles. The lowest BCUT2D eigenvalue weighted by Gasteiger charge is -2.13. The van der Waals surface area contributed by atoms with E-state index in [1.807, 2.05) is 63.5 Å². The van der Waals surface area contributed by atoms with Crippen LogP contribution in [0.3, 0.4) is 0 Å². The van der Waals surface area contributed by atoms with Gasteiger partial charge in [0.15, 0.2) is 0 Å². The molecule has 0 aliphatic rings. The molecule has 0 saturated carbocycles. The summed E-state index contributed by atoms with van der Waals surface area (Å²) in [5.41, 5.74) is 3.48. The molecule has 1 aromatic carbocycles. The predicted molar refractivity (Wildman–Crippen MR) is 112 cm³/mol. The zero-order valence-corrected chi connectivity index (χ0v) is 16.5. The van der Waals surface area contributed by atoms with Crippen molar-refractivity contribution < 1.29 is 0 Å². The third kappa shape index (κ3) is 5.39. The minimum Gasteiger partial charge on any atom is -0.353 e. The molecule has 0 radical (unpaired) electrons. The first-order valence-electron chi connectivity index (χ1n) is 8.73. The van der Waals surface area contributed by atoms with Crippen LogP contribution in [0.25, 0.3) is 11.4 Å². The molecule has 2 heterocycles. The van der Waals surface area contributed by atoms with Crippen molar-refractivity contribution in [3.63, 3.8) is 0 Å². The normalized spacial score (nSPS) is 10.9. The zero-order chi connectivity index (χ0) is 19.2. The first-order valence-corrected chi connectivity index (χ1v) is 9.11. The summed E-state index contributed by atoms with van der Waals surface area (Å²) in [4.78, 5) is 15.7. The molecule has 0 spiro atoms. The fourth-order valence-corrected chi connectivity index (χ4v) is 2.62. The Labute approximate surface area is 164 Å². The number of halogens is 1. The van der Waals surface area contributed by atoms with Crippen molar-refractivity contribution in [2.45, 2.75) is 6.92 Å². The van der Waals surface area contributed by atoms with E-state index >= 15 is 0 Å². The van der Waals surface area contributed by atoms with E-state index in [4.69, 9.17) is 11.6 Å². The summed E-state index contributed by atoms with van der Waals surface area (Å²) in [6, 6.07) is 13.4. The van der Waals surface area contributed by atoms with Crippen molar-refractivity contribution in [1.29, 1.82) is 0 Å². The van der Waals surface area contributed by atoms with Gasteiger partial charge in [-0.15, -0.1) is 0 Å². The summed E-state index contributed by atoms with van der Waals surface area (Å²) in [5.74, 6) is 1.26. The third-order valence-corrected chi connectivity index (χ3v) is 4.35. The second-order valence-electron chi connectivity index (χ2n) is 6.50. The maximum absolute atomic E-state index is 6.12. The number of benzene rings is 1. The second-order valence-corrected chi connectivity index (χ2v) is 6.90. The molecule has 3 rings (SSSR count). The van der Waals surface area contributed by atoms with Crippen molar-refractivity contribution in [1.82, 2.24) is 19.9 Å². The molecule has 0 aliphatic carbocycles. The van der Waals surface area contributed by atoms with Gasteiger partial charge >= 0.3 is 0 Å². The number of pyridine rings is 1.